The Morgan fingerprint density at radius 2 is 0.758 bits per heavy atom. The molecule has 0 aliphatic carbocycles. The van der Waals surface area contributed by atoms with Crippen molar-refractivity contribution in [3.05, 3.63) is 218 Å². The lowest BCUT2D eigenvalue weighted by molar-refractivity contribution is 0.670. The minimum atomic E-state index is 0.523. The monoisotopic (exact) mass is 792 g/mol. The van der Waals surface area contributed by atoms with E-state index in [4.69, 9.17) is 19.4 Å². The predicted molar refractivity (Wildman–Crippen MR) is 254 cm³/mol. The molecule has 0 unspecified atom stereocenters. The quantitative estimate of drug-likeness (QED) is 0.161. The summed E-state index contributed by atoms with van der Waals surface area (Å²) in [5, 5.41) is 4.30. The molecule has 0 fully saturated rings. The van der Waals surface area contributed by atoms with E-state index < -0.39 is 0 Å². The summed E-state index contributed by atoms with van der Waals surface area (Å²) < 4.78 is 8.79. The third-order valence-electron chi connectivity index (χ3n) is 11.9. The second-order valence-corrected chi connectivity index (χ2v) is 15.6. The van der Waals surface area contributed by atoms with E-state index in [2.05, 4.69) is 180 Å². The summed E-state index contributed by atoms with van der Waals surface area (Å²) in [7, 11) is 0. The number of benzene rings is 9. The van der Waals surface area contributed by atoms with Gasteiger partial charge >= 0.3 is 0 Å². The first kappa shape index (κ1) is 35.5. The zero-order valence-electron chi connectivity index (χ0n) is 33.5. The number of furan rings is 1. The molecule has 3 aromatic heterocycles. The molecule has 62 heavy (non-hydrogen) atoms. The number of hydrogen-bond donors (Lipinski definition) is 0. The van der Waals surface area contributed by atoms with Gasteiger partial charge in [0.1, 0.15) is 11.1 Å². The van der Waals surface area contributed by atoms with Gasteiger partial charge in [-0.25, -0.2) is 4.98 Å². The average Bonchev–Trinajstić information content (AvgIpc) is 3.91. The lowest BCUT2D eigenvalue weighted by Crippen LogP contribution is -2.06. The fourth-order valence-electron chi connectivity index (χ4n) is 8.83. The first-order valence-electron chi connectivity index (χ1n) is 20.8. The molecule has 0 bridgehead atoms. The normalized spacial score (nSPS) is 11.5. The van der Waals surface area contributed by atoms with Crippen LogP contribution in [0.2, 0.25) is 0 Å². The van der Waals surface area contributed by atoms with Crippen LogP contribution in [0.15, 0.2) is 223 Å². The fourth-order valence-corrected chi connectivity index (χ4v) is 8.83. The van der Waals surface area contributed by atoms with Crippen LogP contribution in [0.25, 0.3) is 117 Å². The van der Waals surface area contributed by atoms with Crippen molar-refractivity contribution in [3.8, 4) is 73.2 Å². The van der Waals surface area contributed by atoms with Crippen molar-refractivity contribution in [2.45, 2.75) is 0 Å². The Hall–Kier alpha value is -8.41. The maximum Gasteiger partial charge on any atom is 0.238 e. The summed E-state index contributed by atoms with van der Waals surface area (Å²) in [6, 6.07) is 76.4. The van der Waals surface area contributed by atoms with Crippen LogP contribution in [0.1, 0.15) is 0 Å². The SMILES string of the molecule is c1ccc(-c2ccc(-c3cccc(-c4cccc(-c5cccc(-c6nc(-c7ccccc7)nc(-n7c8ccccc8c8ccc9c%10ccccc%10oc9c87)n6)c5)c4)c3)cc2)cc1. The molecule has 0 amide bonds. The van der Waals surface area contributed by atoms with Crippen LogP contribution < -0.4 is 0 Å². The van der Waals surface area contributed by atoms with Gasteiger partial charge in [0.25, 0.3) is 0 Å². The standard InChI is InChI=1S/C57H36N4O/c1-3-14-37(15-4-1)38-28-30-39(31-29-38)41-18-11-19-42(34-41)43-20-12-21-44(35-43)45-22-13-23-46(36-45)56-58-55(40-16-5-2-6-17-40)59-57(60-56)61-51-26-9-7-24-47(51)49-32-33-50-48-25-8-10-27-52(48)62-54(50)53(49)61/h1-36H. The third kappa shape index (κ3) is 6.14. The zero-order valence-corrected chi connectivity index (χ0v) is 33.5. The highest BCUT2D eigenvalue weighted by molar-refractivity contribution is 6.21. The molecule has 12 rings (SSSR count). The topological polar surface area (TPSA) is 56.7 Å². The van der Waals surface area contributed by atoms with Crippen molar-refractivity contribution < 1.29 is 4.42 Å². The summed E-state index contributed by atoms with van der Waals surface area (Å²) in [4.78, 5) is 15.6. The van der Waals surface area contributed by atoms with E-state index in [1.54, 1.807) is 0 Å². The molecule has 9 aromatic carbocycles. The fraction of sp³-hybridized carbons (Fsp3) is 0. The number of nitrogens with zero attached hydrogens (tertiary/aromatic N) is 4. The molecule has 0 N–H and O–H groups in total. The van der Waals surface area contributed by atoms with Gasteiger partial charge in [-0.1, -0.05) is 182 Å². The highest BCUT2D eigenvalue weighted by Crippen LogP contribution is 2.40. The summed E-state index contributed by atoms with van der Waals surface area (Å²) in [6.45, 7) is 0. The van der Waals surface area contributed by atoms with Crippen LogP contribution in [-0.4, -0.2) is 19.5 Å². The molecular weight excluding hydrogens is 757 g/mol. The van der Waals surface area contributed by atoms with Gasteiger partial charge in [0, 0.05) is 32.7 Å². The molecule has 0 saturated heterocycles. The first-order valence-corrected chi connectivity index (χ1v) is 20.8. The van der Waals surface area contributed by atoms with Gasteiger partial charge in [0.05, 0.1) is 5.52 Å². The van der Waals surface area contributed by atoms with Crippen LogP contribution in [-0.2, 0) is 0 Å². The van der Waals surface area contributed by atoms with Crippen molar-refractivity contribution >= 4 is 43.7 Å². The maximum absolute atomic E-state index is 6.65. The number of aromatic nitrogens is 4. The van der Waals surface area contributed by atoms with E-state index >= 15 is 0 Å². The largest absolute Gasteiger partial charge is 0.454 e. The van der Waals surface area contributed by atoms with Crippen molar-refractivity contribution in [3.63, 3.8) is 0 Å². The Balaban J connectivity index is 0.962. The molecule has 0 atom stereocenters. The summed E-state index contributed by atoms with van der Waals surface area (Å²) >= 11 is 0. The van der Waals surface area contributed by atoms with Crippen LogP contribution in [0.5, 0.6) is 0 Å². The van der Waals surface area contributed by atoms with Gasteiger partial charge < -0.3 is 4.42 Å². The van der Waals surface area contributed by atoms with E-state index in [0.29, 0.717) is 17.6 Å². The molecule has 0 spiro atoms. The van der Waals surface area contributed by atoms with Crippen molar-refractivity contribution in [1.29, 1.82) is 0 Å². The maximum atomic E-state index is 6.65. The minimum Gasteiger partial charge on any atom is -0.454 e. The van der Waals surface area contributed by atoms with Crippen LogP contribution in [0.3, 0.4) is 0 Å². The number of fused-ring (bicyclic) bond motifs is 7. The van der Waals surface area contributed by atoms with Crippen molar-refractivity contribution in [1.82, 2.24) is 19.5 Å². The van der Waals surface area contributed by atoms with E-state index in [1.165, 1.54) is 22.3 Å². The Kier molecular flexibility index (Phi) is 8.42. The summed E-state index contributed by atoms with van der Waals surface area (Å²) in [5.74, 6) is 1.70. The highest BCUT2D eigenvalue weighted by Gasteiger charge is 2.22. The first-order chi connectivity index (χ1) is 30.7. The number of rotatable bonds is 7. The van der Waals surface area contributed by atoms with Crippen molar-refractivity contribution in [2.24, 2.45) is 0 Å². The van der Waals surface area contributed by atoms with E-state index in [9.17, 15) is 0 Å². The minimum absolute atomic E-state index is 0.523. The molecule has 0 saturated carbocycles. The van der Waals surface area contributed by atoms with Crippen molar-refractivity contribution in [2.75, 3.05) is 0 Å². The van der Waals surface area contributed by atoms with Gasteiger partial charge in [-0.3, -0.25) is 4.57 Å². The Morgan fingerprint density at radius 3 is 1.42 bits per heavy atom. The predicted octanol–water partition coefficient (Wildman–Crippen LogP) is 14.9. The Morgan fingerprint density at radius 1 is 0.306 bits per heavy atom. The van der Waals surface area contributed by atoms with Crippen LogP contribution in [0, 0.1) is 0 Å². The molecule has 0 aliphatic rings. The Bertz CT molecular complexity index is 3630. The second-order valence-electron chi connectivity index (χ2n) is 15.6. The van der Waals surface area contributed by atoms with E-state index in [-0.39, 0.29) is 0 Å². The lowest BCUT2D eigenvalue weighted by Gasteiger charge is -2.12. The molecule has 0 aliphatic heterocycles. The molecular formula is C57H36N4O. The van der Waals surface area contributed by atoms with Crippen LogP contribution in [0.4, 0.5) is 0 Å². The smallest absolute Gasteiger partial charge is 0.238 e. The highest BCUT2D eigenvalue weighted by atomic mass is 16.3. The van der Waals surface area contributed by atoms with Gasteiger partial charge in [-0.2, -0.15) is 9.97 Å². The zero-order chi connectivity index (χ0) is 41.0. The number of hydrogen-bond acceptors (Lipinski definition) is 4. The summed E-state index contributed by atoms with van der Waals surface area (Å²) in [6.07, 6.45) is 0. The Labute approximate surface area is 357 Å². The van der Waals surface area contributed by atoms with E-state index in [0.717, 1.165) is 77.1 Å². The van der Waals surface area contributed by atoms with E-state index in [1.807, 2.05) is 42.5 Å². The molecule has 0 radical (unpaired) electrons. The third-order valence-corrected chi connectivity index (χ3v) is 11.9. The summed E-state index contributed by atoms with van der Waals surface area (Å²) in [5.41, 5.74) is 14.6. The average molecular weight is 793 g/mol. The van der Waals surface area contributed by atoms with Crippen LogP contribution >= 0.6 is 0 Å². The number of para-hydroxylation sites is 2. The van der Waals surface area contributed by atoms with Gasteiger partial charge in [-0.15, -0.1) is 0 Å². The molecule has 5 heteroatoms. The van der Waals surface area contributed by atoms with Gasteiger partial charge in [-0.05, 0) is 80.9 Å². The molecule has 12 aromatic rings. The lowest BCUT2D eigenvalue weighted by atomic mass is 9.95. The van der Waals surface area contributed by atoms with Gasteiger partial charge in [0.15, 0.2) is 17.2 Å². The molecule has 5 nitrogen and oxygen atoms in total. The molecule has 3 heterocycles. The van der Waals surface area contributed by atoms with Gasteiger partial charge in [0.2, 0.25) is 5.95 Å². The second kappa shape index (κ2) is 14.7. The molecule has 290 valence electrons.